The number of nitrogens with zero attached hydrogens (tertiary/aromatic N) is 2. The minimum atomic E-state index is -1.19. The van der Waals surface area contributed by atoms with Crippen molar-refractivity contribution in [3.8, 4) is 22.3 Å². The molecule has 0 bridgehead atoms. The second kappa shape index (κ2) is 16.1. The summed E-state index contributed by atoms with van der Waals surface area (Å²) in [4.78, 5) is 32.3. The SMILES string of the molecule is O=C([O-])c1ccc(-c2ccccc2)c2nc3ccccc3cc12.O=C([O-])c1ccc(-c2ccccc2)c2nc3ccccc3cc12.[K+].[K+]. The first kappa shape index (κ1) is 36.2. The molecule has 6 aromatic carbocycles. The van der Waals surface area contributed by atoms with Crippen LogP contribution in [0.15, 0.2) is 146 Å². The maximum Gasteiger partial charge on any atom is 1.00 e. The summed E-state index contributed by atoms with van der Waals surface area (Å²) in [6.45, 7) is 0. The van der Waals surface area contributed by atoms with Gasteiger partial charge in [0.15, 0.2) is 0 Å². The van der Waals surface area contributed by atoms with Crippen molar-refractivity contribution in [3.05, 3.63) is 157 Å². The zero-order chi connectivity index (χ0) is 31.6. The van der Waals surface area contributed by atoms with Gasteiger partial charge in [-0.3, -0.25) is 0 Å². The molecule has 0 spiro atoms. The van der Waals surface area contributed by atoms with Gasteiger partial charge in [0.05, 0.1) is 34.0 Å². The van der Waals surface area contributed by atoms with Crippen molar-refractivity contribution in [2.75, 3.05) is 0 Å². The van der Waals surface area contributed by atoms with E-state index in [4.69, 9.17) is 9.97 Å². The van der Waals surface area contributed by atoms with Gasteiger partial charge in [-0.05, 0) is 35.4 Å². The summed E-state index contributed by atoms with van der Waals surface area (Å²) < 4.78 is 0. The van der Waals surface area contributed by atoms with Crippen LogP contribution in [-0.4, -0.2) is 21.9 Å². The van der Waals surface area contributed by atoms with Crippen molar-refractivity contribution in [1.29, 1.82) is 0 Å². The summed E-state index contributed by atoms with van der Waals surface area (Å²) in [7, 11) is 0. The van der Waals surface area contributed by atoms with E-state index in [-0.39, 0.29) is 114 Å². The molecule has 0 aliphatic carbocycles. The molecule has 0 aliphatic heterocycles. The van der Waals surface area contributed by atoms with E-state index < -0.39 is 11.9 Å². The Hall–Kier alpha value is -3.13. The molecule has 6 nitrogen and oxygen atoms in total. The Bertz CT molecular complexity index is 2260. The van der Waals surface area contributed by atoms with Gasteiger partial charge in [0.2, 0.25) is 0 Å². The number of carboxylic acid groups (broad SMARTS) is 2. The minimum Gasteiger partial charge on any atom is -0.545 e. The second-order valence-corrected chi connectivity index (χ2v) is 10.8. The molecule has 0 fully saturated rings. The van der Waals surface area contributed by atoms with Crippen LogP contribution in [-0.2, 0) is 0 Å². The maximum absolute atomic E-state index is 11.5. The molecule has 0 atom stereocenters. The number of hydrogen-bond donors (Lipinski definition) is 0. The smallest absolute Gasteiger partial charge is 0.545 e. The molecule has 0 radical (unpaired) electrons. The first-order valence-electron chi connectivity index (χ1n) is 14.7. The summed E-state index contributed by atoms with van der Waals surface area (Å²) in [6.07, 6.45) is 0. The number of pyridine rings is 2. The van der Waals surface area contributed by atoms with Gasteiger partial charge in [-0.15, -0.1) is 0 Å². The van der Waals surface area contributed by atoms with E-state index in [9.17, 15) is 19.8 Å². The van der Waals surface area contributed by atoms with E-state index in [0.29, 0.717) is 21.8 Å². The van der Waals surface area contributed by atoms with Gasteiger partial charge >= 0.3 is 103 Å². The van der Waals surface area contributed by atoms with Gasteiger partial charge in [-0.25, -0.2) is 9.97 Å². The maximum atomic E-state index is 11.5. The van der Waals surface area contributed by atoms with Gasteiger partial charge in [-0.2, -0.15) is 0 Å². The number of hydrogen-bond acceptors (Lipinski definition) is 6. The molecule has 0 N–H and O–H groups in total. The second-order valence-electron chi connectivity index (χ2n) is 10.8. The van der Waals surface area contributed by atoms with Crippen molar-refractivity contribution in [2.24, 2.45) is 0 Å². The fourth-order valence-electron chi connectivity index (χ4n) is 5.78. The van der Waals surface area contributed by atoms with Gasteiger partial charge in [-0.1, -0.05) is 121 Å². The van der Waals surface area contributed by atoms with Crippen LogP contribution in [0.1, 0.15) is 20.7 Å². The van der Waals surface area contributed by atoms with E-state index in [0.717, 1.165) is 44.1 Å². The minimum absolute atomic E-state index is 0. The topological polar surface area (TPSA) is 106 Å². The van der Waals surface area contributed by atoms with E-state index in [2.05, 4.69) is 0 Å². The Morgan fingerprint density at radius 3 is 1.17 bits per heavy atom. The average Bonchev–Trinajstić information content (AvgIpc) is 3.09. The molecule has 8 heteroatoms. The first-order chi connectivity index (χ1) is 22.5. The number of fused-ring (bicyclic) bond motifs is 4. The van der Waals surface area contributed by atoms with Crippen molar-refractivity contribution >= 4 is 55.6 Å². The Kier molecular flexibility index (Phi) is 12.1. The third kappa shape index (κ3) is 7.39. The van der Waals surface area contributed by atoms with E-state index in [1.807, 2.05) is 121 Å². The van der Waals surface area contributed by atoms with E-state index in [1.54, 1.807) is 24.3 Å². The summed E-state index contributed by atoms with van der Waals surface area (Å²) in [5.74, 6) is -2.38. The molecule has 220 valence electrons. The third-order valence-electron chi connectivity index (χ3n) is 7.98. The molecule has 2 aromatic heterocycles. The molecule has 2 heterocycles. The Morgan fingerprint density at radius 1 is 0.438 bits per heavy atom. The van der Waals surface area contributed by atoms with Crippen molar-refractivity contribution < 1.29 is 123 Å². The molecule has 48 heavy (non-hydrogen) atoms. The van der Waals surface area contributed by atoms with Crippen LogP contribution in [0.25, 0.3) is 65.9 Å². The molecule has 8 rings (SSSR count). The predicted octanol–water partition coefficient (Wildman–Crippen LogP) is 0.845. The predicted molar refractivity (Wildman–Crippen MR) is 178 cm³/mol. The quantitative estimate of drug-likeness (QED) is 0.203. The van der Waals surface area contributed by atoms with Gasteiger partial charge < -0.3 is 19.8 Å². The molecule has 0 saturated carbocycles. The molecule has 0 amide bonds. The molecule has 0 saturated heterocycles. The van der Waals surface area contributed by atoms with Crippen LogP contribution in [0.2, 0.25) is 0 Å². The largest absolute Gasteiger partial charge is 1.00 e. The standard InChI is InChI=1S/2C20H13NO2.2K/c2*22-20(23)16-11-10-15(13-6-2-1-3-7-13)19-17(16)12-14-8-4-5-9-18(14)21-19;;/h2*1-12H,(H,22,23);;/q;;2*+1/p-2. The van der Waals surface area contributed by atoms with Gasteiger partial charge in [0.25, 0.3) is 0 Å². The summed E-state index contributed by atoms with van der Waals surface area (Å²) in [5.41, 5.74) is 7.20. The third-order valence-corrected chi connectivity index (χ3v) is 7.98. The van der Waals surface area contributed by atoms with Crippen molar-refractivity contribution in [1.82, 2.24) is 9.97 Å². The molecule has 0 aliphatic rings. The fourth-order valence-corrected chi connectivity index (χ4v) is 5.78. The summed E-state index contributed by atoms with van der Waals surface area (Å²) in [5, 5.41) is 25.9. The van der Waals surface area contributed by atoms with Gasteiger partial charge in [0, 0.05) is 43.8 Å². The number of carbonyl (C=O) groups is 2. The van der Waals surface area contributed by atoms with Gasteiger partial charge in [0.1, 0.15) is 0 Å². The molecule has 8 aromatic rings. The van der Waals surface area contributed by atoms with Crippen molar-refractivity contribution in [3.63, 3.8) is 0 Å². The average molecular weight is 675 g/mol. The Morgan fingerprint density at radius 2 is 0.792 bits per heavy atom. The number of aromatic nitrogens is 2. The normalized spacial score (nSPS) is 10.5. The molecule has 0 unspecified atom stereocenters. The zero-order valence-corrected chi connectivity index (χ0v) is 32.6. The van der Waals surface area contributed by atoms with Crippen LogP contribution in [0.3, 0.4) is 0 Å². The van der Waals surface area contributed by atoms with Crippen LogP contribution in [0.5, 0.6) is 0 Å². The molecular weight excluding hydrogens is 651 g/mol. The van der Waals surface area contributed by atoms with Crippen LogP contribution < -0.4 is 113 Å². The van der Waals surface area contributed by atoms with E-state index >= 15 is 0 Å². The van der Waals surface area contributed by atoms with Crippen LogP contribution in [0, 0.1) is 0 Å². The van der Waals surface area contributed by atoms with E-state index in [1.165, 1.54) is 0 Å². The van der Waals surface area contributed by atoms with Crippen LogP contribution >= 0.6 is 0 Å². The number of aromatic carboxylic acids is 2. The number of para-hydroxylation sites is 2. The Balaban J connectivity index is 0.000000180. The first-order valence-corrected chi connectivity index (χ1v) is 14.7. The zero-order valence-electron chi connectivity index (χ0n) is 26.4. The number of carboxylic acids is 2. The number of rotatable bonds is 4. The Labute approximate surface area is 361 Å². The molecular formula is C40H24K2N2O4. The van der Waals surface area contributed by atoms with Crippen molar-refractivity contribution in [2.45, 2.75) is 0 Å². The van der Waals surface area contributed by atoms with Crippen LogP contribution in [0.4, 0.5) is 0 Å². The monoisotopic (exact) mass is 674 g/mol. The summed E-state index contributed by atoms with van der Waals surface area (Å²) in [6, 6.07) is 45.6. The number of benzene rings is 6. The number of carbonyl (C=O) groups excluding carboxylic acids is 2. The summed E-state index contributed by atoms with van der Waals surface area (Å²) >= 11 is 0. The fraction of sp³-hybridized carbons (Fsp3) is 0.